The summed E-state index contributed by atoms with van der Waals surface area (Å²) < 4.78 is 43.9. The van der Waals surface area contributed by atoms with E-state index in [4.69, 9.17) is 16.3 Å². The molecule has 2 aromatic carbocycles. The van der Waals surface area contributed by atoms with Gasteiger partial charge >= 0.3 is 18.2 Å². The first-order valence-corrected chi connectivity index (χ1v) is 9.38. The lowest BCUT2D eigenvalue weighted by molar-refractivity contribution is -0.146. The van der Waals surface area contributed by atoms with Crippen molar-refractivity contribution in [2.24, 2.45) is 10.5 Å². The third kappa shape index (κ3) is 3.46. The Balaban J connectivity index is 1.65. The van der Waals surface area contributed by atoms with Gasteiger partial charge in [-0.05, 0) is 42.5 Å². The van der Waals surface area contributed by atoms with Gasteiger partial charge < -0.3 is 9.84 Å². The van der Waals surface area contributed by atoms with Crippen LogP contribution >= 0.6 is 11.6 Å². The summed E-state index contributed by atoms with van der Waals surface area (Å²) in [5.74, 6) is -0.854. The van der Waals surface area contributed by atoms with Crippen molar-refractivity contribution >= 4 is 35.0 Å². The van der Waals surface area contributed by atoms with Gasteiger partial charge in [0.2, 0.25) is 0 Å². The number of fused-ring (bicyclic) bond motifs is 3. The van der Waals surface area contributed by atoms with Gasteiger partial charge in [0.05, 0.1) is 17.8 Å². The molecule has 162 valence electrons. The van der Waals surface area contributed by atoms with Crippen molar-refractivity contribution < 1.29 is 32.6 Å². The van der Waals surface area contributed by atoms with Crippen molar-refractivity contribution in [3.63, 3.8) is 0 Å². The third-order valence-electron chi connectivity index (χ3n) is 5.27. The third-order valence-corrected chi connectivity index (χ3v) is 5.50. The fraction of sp³-hybridized carbons (Fsp3) is 0.250. The first-order chi connectivity index (χ1) is 14.5. The minimum atomic E-state index is -4.50. The first-order valence-electron chi connectivity index (χ1n) is 9.00. The molecule has 2 aliphatic rings. The fourth-order valence-electron chi connectivity index (χ4n) is 3.52. The average Bonchev–Trinajstić information content (AvgIpc) is 3.13. The predicted octanol–water partition coefficient (Wildman–Crippen LogP) is 4.10. The first kappa shape index (κ1) is 21.0. The summed E-state index contributed by atoms with van der Waals surface area (Å²) in [4.78, 5) is 26.2. The van der Waals surface area contributed by atoms with E-state index in [1.807, 2.05) is 0 Å². The number of amides is 2. The Labute approximate surface area is 179 Å². The van der Waals surface area contributed by atoms with Crippen LogP contribution in [0.2, 0.25) is 5.02 Å². The number of nitrogens with zero attached hydrogens (tertiary/aromatic N) is 3. The Morgan fingerprint density at radius 3 is 2.52 bits per heavy atom. The van der Waals surface area contributed by atoms with Gasteiger partial charge in [0.25, 0.3) is 0 Å². The van der Waals surface area contributed by atoms with Crippen LogP contribution in [0.25, 0.3) is 0 Å². The lowest BCUT2D eigenvalue weighted by Crippen LogP contribution is -2.50. The zero-order chi connectivity index (χ0) is 22.6. The molecule has 2 aromatic rings. The summed E-state index contributed by atoms with van der Waals surface area (Å²) in [6.45, 7) is -0.536. The van der Waals surface area contributed by atoms with Crippen molar-refractivity contribution in [2.75, 3.05) is 25.1 Å². The number of ether oxygens (including phenoxy) is 1. The molecule has 1 atom stereocenters. The van der Waals surface area contributed by atoms with Gasteiger partial charge in [0, 0.05) is 23.3 Å². The fourth-order valence-corrected chi connectivity index (χ4v) is 3.68. The molecule has 7 nitrogen and oxygen atoms in total. The molecule has 0 bridgehead atoms. The number of benzene rings is 2. The van der Waals surface area contributed by atoms with Gasteiger partial charge in [0.15, 0.2) is 5.41 Å². The second-order valence-corrected chi connectivity index (χ2v) is 7.65. The molecular formula is C20H15ClF3N3O4. The molecular weight excluding hydrogens is 439 g/mol. The minimum absolute atomic E-state index is 0.159. The summed E-state index contributed by atoms with van der Waals surface area (Å²) in [5.41, 5.74) is -1.66. The van der Waals surface area contributed by atoms with E-state index < -0.39 is 29.2 Å². The number of carboxylic acid groups (broad SMARTS) is 1. The van der Waals surface area contributed by atoms with Crippen LogP contribution in [0.15, 0.2) is 47.6 Å². The van der Waals surface area contributed by atoms with Crippen LogP contribution in [0.4, 0.5) is 23.7 Å². The topological polar surface area (TPSA) is 82.4 Å². The molecule has 2 aliphatic heterocycles. The summed E-state index contributed by atoms with van der Waals surface area (Å²) in [5, 5.41) is 15.5. The number of hydrogen-bond acceptors (Lipinski definition) is 4. The van der Waals surface area contributed by atoms with E-state index in [1.165, 1.54) is 13.1 Å². The molecule has 0 saturated heterocycles. The lowest BCUT2D eigenvalue weighted by Gasteiger charge is -2.31. The smallest absolute Gasteiger partial charge is 0.416 e. The number of carbonyl (C=O) groups excluding carboxylic acids is 1. The number of aliphatic carboxylic acids is 1. The number of urea groups is 1. The molecule has 2 amide bonds. The van der Waals surface area contributed by atoms with Crippen LogP contribution in [0, 0.1) is 5.41 Å². The number of hydrogen-bond donors (Lipinski definition) is 1. The highest BCUT2D eigenvalue weighted by Gasteiger charge is 2.55. The molecule has 0 spiro atoms. The Bertz CT molecular complexity index is 1100. The molecule has 0 aliphatic carbocycles. The molecule has 0 aromatic heterocycles. The highest BCUT2D eigenvalue weighted by Crippen LogP contribution is 2.41. The van der Waals surface area contributed by atoms with Crippen LogP contribution in [-0.2, 0) is 11.0 Å². The predicted molar refractivity (Wildman–Crippen MR) is 106 cm³/mol. The maximum atomic E-state index is 13.0. The second-order valence-electron chi connectivity index (χ2n) is 7.21. The zero-order valence-corrected chi connectivity index (χ0v) is 16.7. The monoisotopic (exact) mass is 453 g/mol. The van der Waals surface area contributed by atoms with Gasteiger partial charge in [-0.25, -0.2) is 9.80 Å². The van der Waals surface area contributed by atoms with Gasteiger partial charge in [0.1, 0.15) is 12.4 Å². The molecule has 1 unspecified atom stereocenters. The van der Waals surface area contributed by atoms with Crippen LogP contribution in [0.5, 0.6) is 5.75 Å². The molecule has 0 fully saturated rings. The van der Waals surface area contributed by atoms with E-state index in [1.54, 1.807) is 12.1 Å². The van der Waals surface area contributed by atoms with Crippen LogP contribution < -0.4 is 9.64 Å². The summed E-state index contributed by atoms with van der Waals surface area (Å²) >= 11 is 5.97. The SMILES string of the molecule is CN(C(=O)N1CC2(C(=O)O)COc3cc(Cl)ccc3C2=N1)c1ccc(C(F)(F)F)cc1. The Morgan fingerprint density at radius 1 is 1.23 bits per heavy atom. The Morgan fingerprint density at radius 2 is 1.90 bits per heavy atom. The summed E-state index contributed by atoms with van der Waals surface area (Å²) in [6.07, 6.45) is -4.50. The van der Waals surface area contributed by atoms with Crippen molar-refractivity contribution in [3.05, 3.63) is 58.6 Å². The molecule has 1 N–H and O–H groups in total. The highest BCUT2D eigenvalue weighted by atomic mass is 35.5. The maximum Gasteiger partial charge on any atom is 0.416 e. The number of alkyl halides is 3. The molecule has 4 rings (SSSR count). The van der Waals surface area contributed by atoms with E-state index in [2.05, 4.69) is 5.10 Å². The standard InChI is InChI=1S/C20H15ClF3N3O4/c1-26(13-5-2-11(3-6-13)20(22,23)24)18(30)27-9-19(17(28)29)10-31-15-8-12(21)4-7-14(15)16(19)25-27/h2-8H,9-10H2,1H3,(H,28,29). The largest absolute Gasteiger partial charge is 0.491 e. The van der Waals surface area contributed by atoms with Gasteiger partial charge in [-0.3, -0.25) is 9.69 Å². The summed E-state index contributed by atoms with van der Waals surface area (Å²) in [6, 6.07) is 8.00. The van der Waals surface area contributed by atoms with E-state index in [9.17, 15) is 27.9 Å². The van der Waals surface area contributed by atoms with Gasteiger partial charge in [-0.15, -0.1) is 0 Å². The van der Waals surface area contributed by atoms with Gasteiger partial charge in [-0.1, -0.05) is 11.6 Å². The molecule has 0 saturated carbocycles. The van der Waals surface area contributed by atoms with Crippen molar-refractivity contribution in [2.45, 2.75) is 6.18 Å². The molecule has 2 heterocycles. The minimum Gasteiger partial charge on any atom is -0.491 e. The van der Waals surface area contributed by atoms with Crippen molar-refractivity contribution in [1.82, 2.24) is 5.01 Å². The second kappa shape index (κ2) is 7.16. The number of rotatable bonds is 2. The van der Waals surface area contributed by atoms with Gasteiger partial charge in [-0.2, -0.15) is 18.3 Å². The number of halogens is 4. The maximum absolute atomic E-state index is 13.0. The lowest BCUT2D eigenvalue weighted by atomic mass is 9.79. The highest BCUT2D eigenvalue weighted by molar-refractivity contribution is 6.31. The number of anilines is 1. The number of hydrazone groups is 1. The summed E-state index contributed by atoms with van der Waals surface area (Å²) in [7, 11) is 1.37. The molecule has 11 heteroatoms. The van der Waals surface area contributed by atoms with Crippen LogP contribution in [0.1, 0.15) is 11.1 Å². The van der Waals surface area contributed by atoms with Crippen molar-refractivity contribution in [1.29, 1.82) is 0 Å². The quantitative estimate of drug-likeness (QED) is 0.742. The van der Waals surface area contributed by atoms with Crippen LogP contribution in [-0.4, -0.2) is 48.0 Å². The van der Waals surface area contributed by atoms with Crippen LogP contribution in [0.3, 0.4) is 0 Å². The Kier molecular flexibility index (Phi) is 4.84. The zero-order valence-electron chi connectivity index (χ0n) is 16.0. The van der Waals surface area contributed by atoms with Crippen molar-refractivity contribution in [3.8, 4) is 5.75 Å². The normalized spacial score (nSPS) is 19.8. The molecule has 0 radical (unpaired) electrons. The van der Waals surface area contributed by atoms with E-state index >= 15 is 0 Å². The molecule has 31 heavy (non-hydrogen) atoms. The van der Waals surface area contributed by atoms with E-state index in [-0.39, 0.29) is 24.6 Å². The Hall–Kier alpha value is -3.27. The number of carboxylic acids is 1. The van der Waals surface area contributed by atoms with E-state index in [0.29, 0.717) is 16.3 Å². The number of carbonyl (C=O) groups is 2. The van der Waals surface area contributed by atoms with E-state index in [0.717, 1.165) is 34.2 Å². The average molecular weight is 454 g/mol.